The Labute approximate surface area is 118 Å². The Bertz CT molecular complexity index is 530. The quantitative estimate of drug-likeness (QED) is 0.765. The van der Waals surface area contributed by atoms with Crippen LogP contribution < -0.4 is 0 Å². The molecule has 0 N–H and O–H groups in total. The summed E-state index contributed by atoms with van der Waals surface area (Å²) in [5.41, 5.74) is 0.504. The lowest BCUT2D eigenvalue weighted by atomic mass is 9.93. The maximum absolute atomic E-state index is 12.3. The number of amides is 1. The zero-order valence-corrected chi connectivity index (χ0v) is 12.6. The lowest BCUT2D eigenvalue weighted by Crippen LogP contribution is -2.44. The van der Waals surface area contributed by atoms with Crippen LogP contribution >= 0.6 is 0 Å². The van der Waals surface area contributed by atoms with E-state index in [1.807, 2.05) is 34.0 Å². The Morgan fingerprint density at radius 3 is 2.55 bits per heavy atom. The number of rotatable bonds is 2. The topological polar surface area (TPSA) is 64.4 Å². The van der Waals surface area contributed by atoms with Crippen molar-refractivity contribution in [2.45, 2.75) is 38.8 Å². The maximum atomic E-state index is 12.3. The van der Waals surface area contributed by atoms with Gasteiger partial charge >= 0.3 is 5.97 Å². The Hall–Kier alpha value is -1.85. The van der Waals surface area contributed by atoms with Gasteiger partial charge < -0.3 is 9.64 Å². The lowest BCUT2D eigenvalue weighted by molar-refractivity contribution is -0.146. The Balaban J connectivity index is 2.46. The van der Waals surface area contributed by atoms with Gasteiger partial charge in [-0.2, -0.15) is 5.10 Å². The fraction of sp³-hybridized carbons (Fsp3) is 0.643. The molecule has 1 aliphatic heterocycles. The number of aryl methyl sites for hydroxylation is 1. The van der Waals surface area contributed by atoms with Crippen LogP contribution in [-0.4, -0.2) is 39.2 Å². The van der Waals surface area contributed by atoms with E-state index in [0.717, 1.165) is 5.56 Å². The number of nitrogens with zero attached hydrogens (tertiary/aromatic N) is 3. The van der Waals surface area contributed by atoms with Crippen LogP contribution in [0.3, 0.4) is 0 Å². The van der Waals surface area contributed by atoms with E-state index in [1.54, 1.807) is 15.8 Å². The van der Waals surface area contributed by atoms with Crippen LogP contribution in [0.2, 0.25) is 0 Å². The molecule has 0 aromatic carbocycles. The summed E-state index contributed by atoms with van der Waals surface area (Å²) in [5, 5.41) is 4.15. The van der Waals surface area contributed by atoms with E-state index in [4.69, 9.17) is 4.74 Å². The molecular formula is C14H21N3O3. The predicted molar refractivity (Wildman–Crippen MR) is 72.7 cm³/mol. The molecule has 20 heavy (non-hydrogen) atoms. The summed E-state index contributed by atoms with van der Waals surface area (Å²) >= 11 is 0. The molecule has 2 rings (SSSR count). The summed E-state index contributed by atoms with van der Waals surface area (Å²) in [5.74, 6) is -0.850. The molecule has 1 aliphatic rings. The Morgan fingerprint density at radius 2 is 2.10 bits per heavy atom. The molecule has 0 spiro atoms. The molecule has 6 nitrogen and oxygen atoms in total. The molecule has 1 aromatic rings. The average Bonchev–Trinajstić information content (AvgIpc) is 2.90. The normalized spacial score (nSPS) is 23.2. The number of hydrogen-bond acceptors (Lipinski definition) is 4. The fourth-order valence-corrected chi connectivity index (χ4v) is 2.86. The van der Waals surface area contributed by atoms with E-state index in [2.05, 4.69) is 5.10 Å². The summed E-state index contributed by atoms with van der Waals surface area (Å²) in [6.07, 6.45) is 3.74. The minimum atomic E-state index is -0.476. The Morgan fingerprint density at radius 1 is 1.45 bits per heavy atom. The van der Waals surface area contributed by atoms with Crippen LogP contribution in [-0.2, 0) is 21.4 Å². The molecule has 0 unspecified atom stereocenters. The number of likely N-dealkylation sites (tertiary alicyclic amines) is 1. The fourth-order valence-electron chi connectivity index (χ4n) is 2.86. The molecule has 1 fully saturated rings. The number of ether oxygens (including phenoxy) is 1. The van der Waals surface area contributed by atoms with Gasteiger partial charge in [-0.15, -0.1) is 0 Å². The molecule has 6 heteroatoms. The molecule has 0 bridgehead atoms. The molecule has 2 heterocycles. The third kappa shape index (κ3) is 2.42. The highest BCUT2D eigenvalue weighted by molar-refractivity contribution is 5.88. The van der Waals surface area contributed by atoms with E-state index in [0.29, 0.717) is 0 Å². The van der Waals surface area contributed by atoms with E-state index in [-0.39, 0.29) is 29.9 Å². The zero-order chi connectivity index (χ0) is 15.1. The third-order valence-corrected chi connectivity index (χ3v) is 3.62. The van der Waals surface area contributed by atoms with Gasteiger partial charge in [0.15, 0.2) is 0 Å². The van der Waals surface area contributed by atoms with Crippen molar-refractivity contribution in [3.05, 3.63) is 18.0 Å². The number of esters is 1. The molecule has 1 aromatic heterocycles. The molecular weight excluding hydrogens is 258 g/mol. The first-order chi connectivity index (χ1) is 9.25. The average molecular weight is 279 g/mol. The van der Waals surface area contributed by atoms with Gasteiger partial charge in [-0.1, -0.05) is 0 Å². The van der Waals surface area contributed by atoms with Gasteiger partial charge in [0.25, 0.3) is 0 Å². The van der Waals surface area contributed by atoms with Crippen LogP contribution in [0.1, 0.15) is 38.8 Å². The second kappa shape index (κ2) is 4.92. The van der Waals surface area contributed by atoms with E-state index in [9.17, 15) is 9.59 Å². The minimum absolute atomic E-state index is 0.0262. The smallest absolute Gasteiger partial charge is 0.311 e. The first-order valence-corrected chi connectivity index (χ1v) is 6.64. The summed E-state index contributed by atoms with van der Waals surface area (Å²) < 4.78 is 6.53. The van der Waals surface area contributed by atoms with Crippen molar-refractivity contribution >= 4 is 11.9 Å². The number of carbonyl (C=O) groups is 2. The second-order valence-corrected chi connectivity index (χ2v) is 6.16. The van der Waals surface area contributed by atoms with Crippen molar-refractivity contribution in [2.75, 3.05) is 7.11 Å². The van der Waals surface area contributed by atoms with Gasteiger partial charge in [0.1, 0.15) is 0 Å². The predicted octanol–water partition coefficient (Wildman–Crippen LogP) is 1.28. The third-order valence-electron chi connectivity index (χ3n) is 3.62. The highest BCUT2D eigenvalue weighted by Crippen LogP contribution is 2.42. The summed E-state index contributed by atoms with van der Waals surface area (Å²) in [7, 11) is 3.17. The van der Waals surface area contributed by atoms with Gasteiger partial charge in [-0.05, 0) is 20.8 Å². The van der Waals surface area contributed by atoms with E-state index in [1.165, 1.54) is 7.11 Å². The summed E-state index contributed by atoms with van der Waals surface area (Å²) in [4.78, 5) is 26.1. The van der Waals surface area contributed by atoms with Gasteiger partial charge in [0, 0.05) is 30.8 Å². The summed E-state index contributed by atoms with van der Waals surface area (Å²) in [6, 6.07) is -0.316. The molecule has 1 saturated heterocycles. The number of hydrogen-bond donors (Lipinski definition) is 0. The van der Waals surface area contributed by atoms with Gasteiger partial charge in [0.2, 0.25) is 5.91 Å². The first-order valence-electron chi connectivity index (χ1n) is 6.64. The first kappa shape index (κ1) is 14.6. The van der Waals surface area contributed by atoms with Crippen LogP contribution in [0.5, 0.6) is 0 Å². The second-order valence-electron chi connectivity index (χ2n) is 6.16. The van der Waals surface area contributed by atoms with Crippen LogP contribution in [0, 0.1) is 5.92 Å². The Kier molecular flexibility index (Phi) is 3.58. The number of methoxy groups -OCH3 is 1. The highest BCUT2D eigenvalue weighted by atomic mass is 16.5. The van der Waals surface area contributed by atoms with Crippen LogP contribution in [0.4, 0.5) is 0 Å². The maximum Gasteiger partial charge on any atom is 0.311 e. The lowest BCUT2D eigenvalue weighted by Gasteiger charge is -2.37. The molecule has 2 atom stereocenters. The molecule has 0 saturated carbocycles. The zero-order valence-electron chi connectivity index (χ0n) is 12.6. The molecule has 0 radical (unpaired) electrons. The van der Waals surface area contributed by atoms with Gasteiger partial charge in [0.05, 0.1) is 25.3 Å². The molecule has 0 aliphatic carbocycles. The number of aromatic nitrogens is 2. The van der Waals surface area contributed by atoms with Crippen molar-refractivity contribution in [3.63, 3.8) is 0 Å². The molecule has 110 valence electrons. The standard InChI is InChI=1S/C14H21N3O3/c1-14(2,3)17-11(18)6-10(13(19)20-5)12(17)9-7-15-16(4)8-9/h7-8,10,12H,6H2,1-5H3/t10-,12+/m0/s1. The van der Waals surface area contributed by atoms with Crippen molar-refractivity contribution in [1.82, 2.24) is 14.7 Å². The minimum Gasteiger partial charge on any atom is -0.469 e. The largest absolute Gasteiger partial charge is 0.469 e. The molecule has 1 amide bonds. The van der Waals surface area contributed by atoms with Crippen LogP contribution in [0.25, 0.3) is 0 Å². The van der Waals surface area contributed by atoms with Crippen molar-refractivity contribution in [2.24, 2.45) is 13.0 Å². The van der Waals surface area contributed by atoms with Crippen LogP contribution in [0.15, 0.2) is 12.4 Å². The number of carbonyl (C=O) groups excluding carboxylic acids is 2. The van der Waals surface area contributed by atoms with Crippen molar-refractivity contribution in [3.8, 4) is 0 Å². The van der Waals surface area contributed by atoms with Crippen molar-refractivity contribution in [1.29, 1.82) is 0 Å². The summed E-state index contributed by atoms with van der Waals surface area (Å²) in [6.45, 7) is 5.90. The SMILES string of the molecule is COC(=O)[C@H]1CC(=O)N(C(C)(C)C)[C@@H]1c1cnn(C)c1. The van der Waals surface area contributed by atoms with E-state index < -0.39 is 5.92 Å². The van der Waals surface area contributed by atoms with Gasteiger partial charge in [-0.3, -0.25) is 14.3 Å². The van der Waals surface area contributed by atoms with Crippen molar-refractivity contribution < 1.29 is 14.3 Å². The monoisotopic (exact) mass is 279 g/mol. The van der Waals surface area contributed by atoms with Gasteiger partial charge in [-0.25, -0.2) is 0 Å². The van der Waals surface area contributed by atoms with E-state index >= 15 is 0 Å². The highest BCUT2D eigenvalue weighted by Gasteiger charge is 2.49.